The molecule has 6 heteroatoms. The summed E-state index contributed by atoms with van der Waals surface area (Å²) in [7, 11) is 1.25. The van der Waals surface area contributed by atoms with Gasteiger partial charge in [0.05, 0.1) is 25.3 Å². The number of rotatable bonds is 7. The fourth-order valence-corrected chi connectivity index (χ4v) is 1.97. The zero-order valence-corrected chi connectivity index (χ0v) is 11.4. The Morgan fingerprint density at radius 3 is 2.74 bits per heavy atom. The van der Waals surface area contributed by atoms with Crippen LogP contribution in [0, 0.1) is 11.3 Å². The predicted molar refractivity (Wildman–Crippen MR) is 69.9 cm³/mol. The number of esters is 1. The van der Waals surface area contributed by atoms with Crippen molar-refractivity contribution in [3.8, 4) is 6.07 Å². The number of aromatic nitrogens is 2. The number of nitrogens with zero attached hydrogens (tertiary/aromatic N) is 2. The molecule has 0 spiro atoms. The molecule has 0 bridgehead atoms. The predicted octanol–water partition coefficient (Wildman–Crippen LogP) is 1.61. The van der Waals surface area contributed by atoms with Gasteiger partial charge in [0, 0.05) is 6.54 Å². The number of carbonyl (C=O) groups excluding carboxylic acids is 1. The number of methoxy groups -OCH3 is 1. The number of imidazole rings is 1. The van der Waals surface area contributed by atoms with E-state index in [4.69, 9.17) is 5.26 Å². The molecule has 104 valence electrons. The van der Waals surface area contributed by atoms with Crippen LogP contribution in [0.3, 0.4) is 0 Å². The van der Waals surface area contributed by atoms with Crippen LogP contribution in [-0.4, -0.2) is 22.6 Å². The summed E-state index contributed by atoms with van der Waals surface area (Å²) in [5.41, 5.74) is 0.141. The standard InChI is InChI=1S/C13H19N3O3/c1-3-4-5-6-9-16-10(7-8-14)11(12(17)19-2)15-13(16)18/h3-7,9H2,1-2H3,(H,15,18). The molecule has 0 saturated carbocycles. The van der Waals surface area contributed by atoms with Crippen LogP contribution in [0.1, 0.15) is 48.8 Å². The Labute approximate surface area is 112 Å². The van der Waals surface area contributed by atoms with Crippen molar-refractivity contribution in [3.63, 3.8) is 0 Å². The van der Waals surface area contributed by atoms with Crippen molar-refractivity contribution in [3.05, 3.63) is 21.9 Å². The van der Waals surface area contributed by atoms with Crippen LogP contribution in [0.5, 0.6) is 0 Å². The molecule has 0 aliphatic carbocycles. The van der Waals surface area contributed by atoms with Crippen LogP contribution in [0.2, 0.25) is 0 Å². The SMILES string of the molecule is CCCCCCn1c(CC#N)c(C(=O)OC)[nH]c1=O. The molecule has 19 heavy (non-hydrogen) atoms. The van der Waals surface area contributed by atoms with Gasteiger partial charge in [0.1, 0.15) is 5.69 Å². The second-order valence-electron chi connectivity index (χ2n) is 4.29. The van der Waals surface area contributed by atoms with Crippen molar-refractivity contribution >= 4 is 5.97 Å². The Balaban J connectivity index is 2.96. The van der Waals surface area contributed by atoms with Crippen molar-refractivity contribution in [1.29, 1.82) is 5.26 Å². The molecule has 1 N–H and O–H groups in total. The third kappa shape index (κ3) is 3.71. The van der Waals surface area contributed by atoms with Gasteiger partial charge in [0.2, 0.25) is 0 Å². The molecular formula is C13H19N3O3. The summed E-state index contributed by atoms with van der Waals surface area (Å²) < 4.78 is 6.07. The Morgan fingerprint density at radius 1 is 1.42 bits per heavy atom. The maximum absolute atomic E-state index is 11.8. The average Bonchev–Trinajstić information content (AvgIpc) is 2.71. The lowest BCUT2D eigenvalue weighted by Gasteiger charge is -2.05. The van der Waals surface area contributed by atoms with Crippen LogP contribution in [-0.2, 0) is 17.7 Å². The number of hydrogen-bond donors (Lipinski definition) is 1. The number of nitriles is 1. The van der Waals surface area contributed by atoms with Gasteiger partial charge >= 0.3 is 11.7 Å². The summed E-state index contributed by atoms with van der Waals surface area (Å²) in [4.78, 5) is 25.8. The topological polar surface area (TPSA) is 87.9 Å². The molecule has 1 rings (SSSR count). The van der Waals surface area contributed by atoms with E-state index >= 15 is 0 Å². The molecule has 0 fully saturated rings. The number of aromatic amines is 1. The highest BCUT2D eigenvalue weighted by molar-refractivity contribution is 5.88. The molecule has 0 radical (unpaired) electrons. The van der Waals surface area contributed by atoms with E-state index < -0.39 is 5.97 Å². The number of nitrogens with one attached hydrogen (secondary N) is 1. The van der Waals surface area contributed by atoms with Gasteiger partial charge in [-0.15, -0.1) is 0 Å². The number of unbranched alkanes of at least 4 members (excludes halogenated alkanes) is 3. The van der Waals surface area contributed by atoms with Crippen LogP contribution < -0.4 is 5.69 Å². The highest BCUT2D eigenvalue weighted by atomic mass is 16.5. The minimum absolute atomic E-state index is 0.0109. The van der Waals surface area contributed by atoms with Crippen LogP contribution >= 0.6 is 0 Å². The molecule has 0 atom stereocenters. The quantitative estimate of drug-likeness (QED) is 0.599. The summed E-state index contributed by atoms with van der Waals surface area (Å²) >= 11 is 0. The summed E-state index contributed by atoms with van der Waals surface area (Å²) in [5, 5.41) is 8.81. The first-order valence-corrected chi connectivity index (χ1v) is 6.42. The van der Waals surface area contributed by atoms with Crippen LogP contribution in [0.15, 0.2) is 4.79 Å². The monoisotopic (exact) mass is 265 g/mol. The molecule has 0 amide bonds. The second-order valence-corrected chi connectivity index (χ2v) is 4.29. The summed E-state index contributed by atoms with van der Waals surface area (Å²) in [5.74, 6) is -0.616. The molecule has 0 unspecified atom stereocenters. The van der Waals surface area contributed by atoms with Gasteiger partial charge in [0.25, 0.3) is 0 Å². The lowest BCUT2D eigenvalue weighted by molar-refractivity contribution is 0.0593. The first-order valence-electron chi connectivity index (χ1n) is 6.42. The van der Waals surface area contributed by atoms with E-state index in [2.05, 4.69) is 16.6 Å². The minimum atomic E-state index is -0.616. The first-order chi connectivity index (χ1) is 9.15. The largest absolute Gasteiger partial charge is 0.464 e. The summed E-state index contributed by atoms with van der Waals surface area (Å²) in [6.07, 6.45) is 4.10. The molecule has 1 heterocycles. The maximum atomic E-state index is 11.8. The van der Waals surface area contributed by atoms with Crippen molar-refractivity contribution in [2.24, 2.45) is 0 Å². The molecule has 1 aromatic heterocycles. The number of hydrogen-bond acceptors (Lipinski definition) is 4. The average molecular weight is 265 g/mol. The molecule has 6 nitrogen and oxygen atoms in total. The van der Waals surface area contributed by atoms with E-state index in [9.17, 15) is 9.59 Å². The lowest BCUT2D eigenvalue weighted by atomic mass is 10.2. The Bertz CT molecular complexity index is 522. The van der Waals surface area contributed by atoms with Crippen molar-refractivity contribution in [1.82, 2.24) is 9.55 Å². The van der Waals surface area contributed by atoms with E-state index in [1.54, 1.807) is 0 Å². The van der Waals surface area contributed by atoms with Gasteiger partial charge in [0.15, 0.2) is 0 Å². The van der Waals surface area contributed by atoms with Crippen molar-refractivity contribution < 1.29 is 9.53 Å². The molecule has 0 aliphatic heterocycles. The highest BCUT2D eigenvalue weighted by Gasteiger charge is 2.19. The summed E-state index contributed by atoms with van der Waals surface area (Å²) in [6.45, 7) is 2.63. The fourth-order valence-electron chi connectivity index (χ4n) is 1.97. The van der Waals surface area contributed by atoms with Gasteiger partial charge in [-0.25, -0.2) is 9.59 Å². The van der Waals surface area contributed by atoms with Crippen LogP contribution in [0.4, 0.5) is 0 Å². The summed E-state index contributed by atoms with van der Waals surface area (Å²) in [6, 6.07) is 1.97. The molecule has 0 saturated heterocycles. The van der Waals surface area contributed by atoms with Gasteiger partial charge in [-0.2, -0.15) is 5.26 Å². The van der Waals surface area contributed by atoms with Crippen molar-refractivity contribution in [2.45, 2.75) is 45.6 Å². The highest BCUT2D eigenvalue weighted by Crippen LogP contribution is 2.09. The fraction of sp³-hybridized carbons (Fsp3) is 0.615. The second kappa shape index (κ2) is 7.41. The van der Waals surface area contributed by atoms with E-state index in [1.807, 2.05) is 6.07 Å². The lowest BCUT2D eigenvalue weighted by Crippen LogP contribution is -2.19. The molecular weight excluding hydrogens is 246 g/mol. The van der Waals surface area contributed by atoms with Crippen LogP contribution in [0.25, 0.3) is 0 Å². The van der Waals surface area contributed by atoms with E-state index in [1.165, 1.54) is 11.7 Å². The molecule has 1 aromatic rings. The maximum Gasteiger partial charge on any atom is 0.356 e. The van der Waals surface area contributed by atoms with Gasteiger partial charge in [-0.3, -0.25) is 9.55 Å². The molecule has 0 aliphatic rings. The van der Waals surface area contributed by atoms with E-state index in [0.717, 1.165) is 25.7 Å². The minimum Gasteiger partial charge on any atom is -0.464 e. The zero-order chi connectivity index (χ0) is 14.3. The normalized spacial score (nSPS) is 10.2. The number of carbonyl (C=O) groups is 1. The third-order valence-corrected chi connectivity index (χ3v) is 2.96. The zero-order valence-electron chi connectivity index (χ0n) is 11.4. The Kier molecular flexibility index (Phi) is 5.86. The van der Waals surface area contributed by atoms with Gasteiger partial charge in [-0.1, -0.05) is 26.2 Å². The number of H-pyrrole nitrogens is 1. The van der Waals surface area contributed by atoms with Crippen molar-refractivity contribution in [2.75, 3.05) is 7.11 Å². The molecule has 0 aromatic carbocycles. The number of ether oxygens (including phenoxy) is 1. The third-order valence-electron chi connectivity index (χ3n) is 2.96. The Hall–Kier alpha value is -2.03. The van der Waals surface area contributed by atoms with Gasteiger partial charge < -0.3 is 4.74 Å². The van der Waals surface area contributed by atoms with E-state index in [-0.39, 0.29) is 17.8 Å². The smallest absolute Gasteiger partial charge is 0.356 e. The Morgan fingerprint density at radius 2 is 2.16 bits per heavy atom. The van der Waals surface area contributed by atoms with E-state index in [0.29, 0.717) is 12.2 Å². The first kappa shape index (κ1) is 15.0. The van der Waals surface area contributed by atoms with Gasteiger partial charge in [-0.05, 0) is 6.42 Å².